The van der Waals surface area contributed by atoms with Gasteiger partial charge in [0.05, 0.1) is 11.1 Å². The molecule has 1 aromatic carbocycles. The van der Waals surface area contributed by atoms with E-state index >= 15 is 0 Å². The maximum atomic E-state index is 11.9. The summed E-state index contributed by atoms with van der Waals surface area (Å²) in [5, 5.41) is 19.2. The average molecular weight is 405 g/mol. The van der Waals surface area contributed by atoms with E-state index in [-0.39, 0.29) is 11.1 Å². The van der Waals surface area contributed by atoms with Crippen molar-refractivity contribution in [3.8, 4) is 0 Å². The van der Waals surface area contributed by atoms with Crippen LogP contribution in [0, 0.1) is 0 Å². The minimum Gasteiger partial charge on any atom is -0.478 e. The van der Waals surface area contributed by atoms with Crippen molar-refractivity contribution in [3.63, 3.8) is 0 Å². The standard InChI is InChI=1S/C25H40O4/c1-3-5-7-9-10-11-12-13-15-17-21-20(16-14-8-6-4-2)18-19-22(24(26)27)23(21)25(28)29/h18-19H,3-17H2,1-2H3,(H,26,27)(H,28,29). The predicted molar refractivity (Wildman–Crippen MR) is 119 cm³/mol. The van der Waals surface area contributed by atoms with Crippen LogP contribution in [0.2, 0.25) is 0 Å². The minimum atomic E-state index is -1.16. The Balaban J connectivity index is 2.73. The Labute approximate surface area is 176 Å². The number of carbonyl (C=O) groups is 2. The van der Waals surface area contributed by atoms with Crippen molar-refractivity contribution < 1.29 is 19.8 Å². The lowest BCUT2D eigenvalue weighted by Gasteiger charge is -2.15. The number of carboxylic acids is 2. The smallest absolute Gasteiger partial charge is 0.336 e. The first-order chi connectivity index (χ1) is 14.0. The van der Waals surface area contributed by atoms with Gasteiger partial charge >= 0.3 is 11.9 Å². The normalized spacial score (nSPS) is 11.0. The highest BCUT2D eigenvalue weighted by Gasteiger charge is 2.22. The van der Waals surface area contributed by atoms with Crippen LogP contribution in [-0.4, -0.2) is 22.2 Å². The number of aromatic carboxylic acids is 2. The number of carboxylic acid groups (broad SMARTS) is 2. The molecule has 0 heterocycles. The van der Waals surface area contributed by atoms with Crippen molar-refractivity contribution in [2.75, 3.05) is 0 Å². The summed E-state index contributed by atoms with van der Waals surface area (Å²) >= 11 is 0. The van der Waals surface area contributed by atoms with Crippen molar-refractivity contribution in [2.45, 2.75) is 110 Å². The molecule has 0 atom stereocenters. The van der Waals surface area contributed by atoms with Crippen LogP contribution in [0.25, 0.3) is 0 Å². The lowest BCUT2D eigenvalue weighted by Crippen LogP contribution is -2.14. The van der Waals surface area contributed by atoms with Gasteiger partial charge in [-0.1, -0.05) is 90.5 Å². The molecule has 0 radical (unpaired) electrons. The topological polar surface area (TPSA) is 74.6 Å². The maximum absolute atomic E-state index is 11.9. The second-order valence-electron chi connectivity index (χ2n) is 8.13. The van der Waals surface area contributed by atoms with Gasteiger partial charge < -0.3 is 10.2 Å². The van der Waals surface area contributed by atoms with Gasteiger partial charge in [-0.3, -0.25) is 0 Å². The lowest BCUT2D eigenvalue weighted by molar-refractivity contribution is 0.0650. The molecule has 4 heteroatoms. The van der Waals surface area contributed by atoms with Crippen LogP contribution in [0.15, 0.2) is 12.1 Å². The SMILES string of the molecule is CCCCCCCCCCCc1c(CCCCCC)ccc(C(=O)O)c1C(=O)O. The largest absolute Gasteiger partial charge is 0.478 e. The van der Waals surface area contributed by atoms with Crippen molar-refractivity contribution in [3.05, 3.63) is 34.4 Å². The number of rotatable bonds is 17. The number of hydrogen-bond acceptors (Lipinski definition) is 2. The molecule has 0 aliphatic carbocycles. The molecule has 0 saturated heterocycles. The fourth-order valence-corrected chi connectivity index (χ4v) is 3.99. The first-order valence-electron chi connectivity index (χ1n) is 11.6. The molecule has 0 bridgehead atoms. The van der Waals surface area contributed by atoms with Crippen LogP contribution in [0.3, 0.4) is 0 Å². The van der Waals surface area contributed by atoms with E-state index in [2.05, 4.69) is 13.8 Å². The number of benzene rings is 1. The predicted octanol–water partition coefficient (Wildman–Crippen LogP) is 7.28. The average Bonchev–Trinajstić information content (AvgIpc) is 2.69. The number of hydrogen-bond donors (Lipinski definition) is 2. The van der Waals surface area contributed by atoms with Gasteiger partial charge in [0.2, 0.25) is 0 Å². The number of unbranched alkanes of at least 4 members (excludes halogenated alkanes) is 11. The van der Waals surface area contributed by atoms with Crippen LogP contribution >= 0.6 is 0 Å². The maximum Gasteiger partial charge on any atom is 0.336 e. The molecule has 0 unspecified atom stereocenters. The summed E-state index contributed by atoms with van der Waals surface area (Å²) in [5.74, 6) is -2.28. The zero-order valence-corrected chi connectivity index (χ0v) is 18.5. The van der Waals surface area contributed by atoms with E-state index in [1.54, 1.807) is 0 Å². The van der Waals surface area contributed by atoms with Gasteiger partial charge in [0.25, 0.3) is 0 Å². The molecule has 0 aromatic heterocycles. The van der Waals surface area contributed by atoms with Gasteiger partial charge in [-0.05, 0) is 42.9 Å². The molecule has 0 spiro atoms. The Morgan fingerprint density at radius 1 is 0.655 bits per heavy atom. The monoisotopic (exact) mass is 404 g/mol. The number of aryl methyl sites for hydroxylation is 1. The van der Waals surface area contributed by atoms with Crippen LogP contribution in [0.4, 0.5) is 0 Å². The van der Waals surface area contributed by atoms with Crippen LogP contribution < -0.4 is 0 Å². The Morgan fingerprint density at radius 2 is 1.14 bits per heavy atom. The zero-order chi connectivity index (χ0) is 21.5. The van der Waals surface area contributed by atoms with Gasteiger partial charge in [0.1, 0.15) is 0 Å². The Bertz CT molecular complexity index is 621. The van der Waals surface area contributed by atoms with Gasteiger partial charge in [0.15, 0.2) is 0 Å². The van der Waals surface area contributed by atoms with E-state index in [0.29, 0.717) is 6.42 Å². The Morgan fingerprint density at radius 3 is 1.66 bits per heavy atom. The second-order valence-corrected chi connectivity index (χ2v) is 8.13. The first kappa shape index (κ1) is 25.2. The van der Waals surface area contributed by atoms with Crippen molar-refractivity contribution in [2.24, 2.45) is 0 Å². The lowest BCUT2D eigenvalue weighted by atomic mass is 9.89. The molecule has 164 valence electrons. The molecule has 1 rings (SSSR count). The van der Waals surface area contributed by atoms with Gasteiger partial charge in [-0.25, -0.2) is 9.59 Å². The molecular weight excluding hydrogens is 364 g/mol. The third-order valence-electron chi connectivity index (χ3n) is 5.68. The van der Waals surface area contributed by atoms with E-state index in [1.165, 1.54) is 57.4 Å². The first-order valence-corrected chi connectivity index (χ1v) is 11.6. The molecule has 2 N–H and O–H groups in total. The van der Waals surface area contributed by atoms with Crippen LogP contribution in [0.5, 0.6) is 0 Å². The molecule has 0 aliphatic rings. The molecule has 1 aromatic rings. The van der Waals surface area contributed by atoms with Crippen molar-refractivity contribution >= 4 is 11.9 Å². The van der Waals surface area contributed by atoms with Gasteiger partial charge in [0, 0.05) is 0 Å². The van der Waals surface area contributed by atoms with E-state index in [4.69, 9.17) is 0 Å². The third kappa shape index (κ3) is 9.47. The summed E-state index contributed by atoms with van der Waals surface area (Å²) in [5.41, 5.74) is 1.69. The summed E-state index contributed by atoms with van der Waals surface area (Å²) in [7, 11) is 0. The van der Waals surface area contributed by atoms with Crippen molar-refractivity contribution in [1.29, 1.82) is 0 Å². The molecular formula is C25H40O4. The molecule has 29 heavy (non-hydrogen) atoms. The summed E-state index contributed by atoms with van der Waals surface area (Å²) in [6.07, 6.45) is 16.8. The van der Waals surface area contributed by atoms with Gasteiger partial charge in [-0.15, -0.1) is 0 Å². The fraction of sp³-hybridized carbons (Fsp3) is 0.680. The fourth-order valence-electron chi connectivity index (χ4n) is 3.99. The molecule has 4 nitrogen and oxygen atoms in total. The Hall–Kier alpha value is -1.84. The summed E-state index contributed by atoms with van der Waals surface area (Å²) in [6, 6.07) is 3.31. The summed E-state index contributed by atoms with van der Waals surface area (Å²) < 4.78 is 0. The molecule has 0 amide bonds. The van der Waals surface area contributed by atoms with E-state index in [1.807, 2.05) is 6.07 Å². The summed E-state index contributed by atoms with van der Waals surface area (Å²) in [6.45, 7) is 4.39. The summed E-state index contributed by atoms with van der Waals surface area (Å²) in [4.78, 5) is 23.4. The Kier molecular flexibility index (Phi) is 13.1. The quantitative estimate of drug-likeness (QED) is 0.267. The minimum absolute atomic E-state index is 0.00468. The van der Waals surface area contributed by atoms with E-state index in [0.717, 1.165) is 49.7 Å². The zero-order valence-electron chi connectivity index (χ0n) is 18.5. The second kappa shape index (κ2) is 15.1. The molecule has 0 fully saturated rings. The van der Waals surface area contributed by atoms with Crippen LogP contribution in [-0.2, 0) is 12.8 Å². The highest BCUT2D eigenvalue weighted by Crippen LogP contribution is 2.25. The highest BCUT2D eigenvalue weighted by molar-refractivity contribution is 6.03. The van der Waals surface area contributed by atoms with Crippen molar-refractivity contribution in [1.82, 2.24) is 0 Å². The molecule has 0 saturated carbocycles. The highest BCUT2D eigenvalue weighted by atomic mass is 16.4. The van der Waals surface area contributed by atoms with E-state index in [9.17, 15) is 19.8 Å². The third-order valence-corrected chi connectivity index (χ3v) is 5.68. The molecule has 0 aliphatic heterocycles. The van der Waals surface area contributed by atoms with Crippen LogP contribution in [0.1, 0.15) is 129 Å². The van der Waals surface area contributed by atoms with E-state index < -0.39 is 11.9 Å². The van der Waals surface area contributed by atoms with Gasteiger partial charge in [-0.2, -0.15) is 0 Å².